The molecular weight excluding hydrogens is 627 g/mol. The number of hydrogen-bond donors (Lipinski definition) is 0. The van der Waals surface area contributed by atoms with Crippen molar-refractivity contribution in [1.82, 2.24) is 24.1 Å². The molecule has 0 N–H and O–H groups in total. The Morgan fingerprint density at radius 1 is 0.373 bits per heavy atom. The van der Waals surface area contributed by atoms with Crippen LogP contribution in [0.3, 0.4) is 0 Å². The van der Waals surface area contributed by atoms with Gasteiger partial charge in [0.2, 0.25) is 11.9 Å². The maximum Gasteiger partial charge on any atom is 0.240 e. The lowest BCUT2D eigenvalue weighted by atomic mass is 9.99. The number of aromatic nitrogens is 5. The zero-order valence-electron chi connectivity index (χ0n) is 27.2. The lowest BCUT2D eigenvalue weighted by Gasteiger charge is -2.12. The third-order valence-electron chi connectivity index (χ3n) is 10.0. The fourth-order valence-electron chi connectivity index (χ4n) is 7.78. The van der Waals surface area contributed by atoms with Crippen molar-refractivity contribution < 1.29 is 4.42 Å². The highest BCUT2D eigenvalue weighted by molar-refractivity contribution is 6.13. The van der Waals surface area contributed by atoms with Crippen LogP contribution in [-0.4, -0.2) is 24.1 Å². The molecule has 6 heteroatoms. The smallest absolute Gasteiger partial charge is 0.240 e. The largest absolute Gasteiger partial charge is 0.456 e. The summed E-state index contributed by atoms with van der Waals surface area (Å²) in [6.45, 7) is 0. The minimum Gasteiger partial charge on any atom is -0.456 e. The predicted molar refractivity (Wildman–Crippen MR) is 207 cm³/mol. The average molecular weight is 654 g/mol. The molecule has 0 bridgehead atoms. The van der Waals surface area contributed by atoms with Crippen molar-refractivity contribution in [3.8, 4) is 34.4 Å². The van der Waals surface area contributed by atoms with Gasteiger partial charge in [-0.1, -0.05) is 121 Å². The molecule has 11 aromatic rings. The summed E-state index contributed by atoms with van der Waals surface area (Å²) < 4.78 is 10.8. The summed E-state index contributed by atoms with van der Waals surface area (Å²) in [5.41, 5.74) is 8.89. The molecule has 0 aliphatic carbocycles. The summed E-state index contributed by atoms with van der Waals surface area (Å²) in [6, 6.07) is 56.7. The number of fused-ring (bicyclic) bond motifs is 9. The number of rotatable bonds is 4. The van der Waals surface area contributed by atoms with E-state index in [0.717, 1.165) is 82.2 Å². The summed E-state index contributed by atoms with van der Waals surface area (Å²) in [7, 11) is 0. The first-order chi connectivity index (χ1) is 25.3. The maximum atomic E-state index is 6.53. The molecule has 0 radical (unpaired) electrons. The van der Waals surface area contributed by atoms with Gasteiger partial charge in [0.05, 0.1) is 22.1 Å². The SMILES string of the molecule is c1ccc(-c2cccc3oc4cc(-c5nc(-n6c7ccccc7c7ccccc76)nc(-n6c7ccccc7c7ccccc76)n5)ccc4c23)cc1. The molecule has 0 spiro atoms. The van der Waals surface area contributed by atoms with Gasteiger partial charge >= 0.3 is 0 Å². The van der Waals surface area contributed by atoms with Crippen LogP contribution in [0, 0.1) is 0 Å². The topological polar surface area (TPSA) is 61.7 Å². The number of para-hydroxylation sites is 4. The van der Waals surface area contributed by atoms with Gasteiger partial charge in [-0.25, -0.2) is 0 Å². The highest BCUT2D eigenvalue weighted by atomic mass is 16.3. The van der Waals surface area contributed by atoms with Crippen molar-refractivity contribution in [2.75, 3.05) is 0 Å². The molecule has 0 amide bonds. The Morgan fingerprint density at radius 2 is 0.882 bits per heavy atom. The van der Waals surface area contributed by atoms with Gasteiger partial charge in [0, 0.05) is 37.9 Å². The van der Waals surface area contributed by atoms with Crippen LogP contribution in [-0.2, 0) is 0 Å². The Hall–Kier alpha value is -7.05. The first-order valence-corrected chi connectivity index (χ1v) is 17.0. The van der Waals surface area contributed by atoms with Gasteiger partial charge in [0.25, 0.3) is 0 Å². The zero-order chi connectivity index (χ0) is 33.5. The van der Waals surface area contributed by atoms with Crippen LogP contribution in [0.1, 0.15) is 0 Å². The number of nitrogens with zero attached hydrogens (tertiary/aromatic N) is 5. The van der Waals surface area contributed by atoms with Gasteiger partial charge in [-0.3, -0.25) is 9.13 Å². The maximum absolute atomic E-state index is 6.53. The molecule has 0 unspecified atom stereocenters. The van der Waals surface area contributed by atoms with Crippen LogP contribution in [0.4, 0.5) is 0 Å². The zero-order valence-corrected chi connectivity index (χ0v) is 27.2. The minimum atomic E-state index is 0.547. The van der Waals surface area contributed by atoms with Crippen molar-refractivity contribution in [1.29, 1.82) is 0 Å². The van der Waals surface area contributed by atoms with Crippen LogP contribution < -0.4 is 0 Å². The van der Waals surface area contributed by atoms with Gasteiger partial charge in [-0.15, -0.1) is 0 Å². The molecule has 7 aromatic carbocycles. The molecule has 0 atom stereocenters. The second-order valence-electron chi connectivity index (χ2n) is 12.9. The van der Waals surface area contributed by atoms with Gasteiger partial charge < -0.3 is 4.42 Å². The molecule has 4 heterocycles. The van der Waals surface area contributed by atoms with Gasteiger partial charge in [-0.2, -0.15) is 15.0 Å². The third kappa shape index (κ3) is 4.14. The average Bonchev–Trinajstić information content (AvgIpc) is 3.85. The predicted octanol–water partition coefficient (Wildman–Crippen LogP) is 11.3. The molecule has 6 nitrogen and oxygen atoms in total. The Labute approximate surface area is 291 Å². The molecule has 0 saturated heterocycles. The Kier molecular flexibility index (Phi) is 5.86. The molecule has 51 heavy (non-hydrogen) atoms. The van der Waals surface area contributed by atoms with Crippen LogP contribution in [0.25, 0.3) is 100.0 Å². The van der Waals surface area contributed by atoms with Gasteiger partial charge in [-0.05, 0) is 53.6 Å². The molecule has 0 aliphatic rings. The second-order valence-corrected chi connectivity index (χ2v) is 12.9. The van der Waals surface area contributed by atoms with E-state index in [1.165, 1.54) is 0 Å². The summed E-state index contributed by atoms with van der Waals surface area (Å²) in [5.74, 6) is 1.65. The van der Waals surface area contributed by atoms with Crippen molar-refractivity contribution in [2.24, 2.45) is 0 Å². The quantitative estimate of drug-likeness (QED) is 0.190. The highest BCUT2D eigenvalue weighted by Crippen LogP contribution is 2.39. The van der Waals surface area contributed by atoms with Crippen molar-refractivity contribution in [3.05, 3.63) is 164 Å². The molecule has 0 aliphatic heterocycles. The van der Waals surface area contributed by atoms with E-state index in [1.54, 1.807) is 0 Å². The van der Waals surface area contributed by atoms with Crippen molar-refractivity contribution in [3.63, 3.8) is 0 Å². The van der Waals surface area contributed by atoms with Gasteiger partial charge in [0.15, 0.2) is 5.82 Å². The molecule has 0 fully saturated rings. The summed E-state index contributed by atoms with van der Waals surface area (Å²) >= 11 is 0. The number of hydrogen-bond acceptors (Lipinski definition) is 4. The fraction of sp³-hybridized carbons (Fsp3) is 0. The van der Waals surface area contributed by atoms with E-state index in [1.807, 2.05) is 12.1 Å². The van der Waals surface area contributed by atoms with Crippen LogP contribution in [0.15, 0.2) is 168 Å². The minimum absolute atomic E-state index is 0.547. The lowest BCUT2D eigenvalue weighted by Crippen LogP contribution is -2.10. The van der Waals surface area contributed by atoms with Crippen molar-refractivity contribution in [2.45, 2.75) is 0 Å². The summed E-state index contributed by atoms with van der Waals surface area (Å²) in [4.78, 5) is 15.7. The summed E-state index contributed by atoms with van der Waals surface area (Å²) in [6.07, 6.45) is 0. The highest BCUT2D eigenvalue weighted by Gasteiger charge is 2.21. The fourth-order valence-corrected chi connectivity index (χ4v) is 7.78. The standard InChI is InChI=1S/C45H27N5O/c1-2-13-28(14-3-1)30-19-12-24-40-42(30)35-26-25-29(27-41(35)51-40)43-46-44(49-36-20-8-4-15-31(36)32-16-5-9-21-37(32)49)48-45(47-43)50-38-22-10-6-17-33(38)34-18-7-11-23-39(34)50/h1-27H. The van der Waals surface area contributed by atoms with E-state index in [-0.39, 0.29) is 0 Å². The van der Waals surface area contributed by atoms with E-state index in [4.69, 9.17) is 19.4 Å². The van der Waals surface area contributed by atoms with Crippen LogP contribution in [0.2, 0.25) is 0 Å². The number of benzene rings is 7. The number of furan rings is 1. The monoisotopic (exact) mass is 653 g/mol. The van der Waals surface area contributed by atoms with E-state index in [9.17, 15) is 0 Å². The first kappa shape index (κ1) is 27.9. The molecular formula is C45H27N5O. The van der Waals surface area contributed by atoms with E-state index < -0.39 is 0 Å². The summed E-state index contributed by atoms with van der Waals surface area (Å²) in [5, 5.41) is 6.72. The Bertz CT molecular complexity index is 2910. The third-order valence-corrected chi connectivity index (χ3v) is 10.0. The lowest BCUT2D eigenvalue weighted by molar-refractivity contribution is 0.669. The molecule has 4 aromatic heterocycles. The van der Waals surface area contributed by atoms with Crippen LogP contribution in [0.5, 0.6) is 0 Å². The normalized spacial score (nSPS) is 11.9. The molecule has 0 saturated carbocycles. The van der Waals surface area contributed by atoms with E-state index >= 15 is 0 Å². The van der Waals surface area contributed by atoms with Crippen LogP contribution >= 0.6 is 0 Å². The van der Waals surface area contributed by atoms with Crippen molar-refractivity contribution >= 4 is 65.6 Å². The van der Waals surface area contributed by atoms with E-state index in [0.29, 0.717) is 17.7 Å². The molecule has 11 rings (SSSR count). The van der Waals surface area contributed by atoms with E-state index in [2.05, 4.69) is 161 Å². The first-order valence-electron chi connectivity index (χ1n) is 17.0. The van der Waals surface area contributed by atoms with Gasteiger partial charge in [0.1, 0.15) is 11.2 Å². The Balaban J connectivity index is 1.20. The molecule has 238 valence electrons. The Morgan fingerprint density at radius 3 is 1.43 bits per heavy atom. The second kappa shape index (κ2) is 10.7.